The summed E-state index contributed by atoms with van der Waals surface area (Å²) in [5.41, 5.74) is -0.250. The summed E-state index contributed by atoms with van der Waals surface area (Å²) >= 11 is 0. The van der Waals surface area contributed by atoms with Crippen LogP contribution >= 0.6 is 0 Å². The van der Waals surface area contributed by atoms with Crippen molar-refractivity contribution in [1.29, 1.82) is 0 Å². The molecule has 1 aromatic carbocycles. The predicted octanol–water partition coefficient (Wildman–Crippen LogP) is 1.93. The van der Waals surface area contributed by atoms with Gasteiger partial charge in [-0.15, -0.1) is 0 Å². The lowest BCUT2D eigenvalue weighted by atomic mass is 10.2. The molecule has 0 radical (unpaired) electrons. The first kappa shape index (κ1) is 21.8. The molecule has 2 atom stereocenters. The molecule has 9 nitrogen and oxygen atoms in total. The topological polar surface area (TPSA) is 116 Å². The van der Waals surface area contributed by atoms with Crippen molar-refractivity contribution in [2.45, 2.75) is 26.0 Å². The number of carbonyl (C=O) groups excluding carboxylic acids is 2. The van der Waals surface area contributed by atoms with Crippen molar-refractivity contribution < 1.29 is 33.6 Å². The zero-order valence-electron chi connectivity index (χ0n) is 16.7. The number of hydrogen-bond acceptors (Lipinski definition) is 8. The molecule has 0 saturated carbocycles. The maximum absolute atomic E-state index is 12.2. The monoisotopic (exact) mass is 404 g/mol. The summed E-state index contributed by atoms with van der Waals surface area (Å²) in [6.07, 6.45) is 0.911. The number of benzene rings is 1. The van der Waals surface area contributed by atoms with Crippen molar-refractivity contribution in [3.63, 3.8) is 0 Å². The number of nitrogens with one attached hydrogen (secondary N) is 1. The summed E-state index contributed by atoms with van der Waals surface area (Å²) in [4.78, 5) is 28.2. The van der Waals surface area contributed by atoms with Crippen LogP contribution in [0.4, 0.5) is 0 Å². The molecule has 1 heterocycles. The van der Waals surface area contributed by atoms with Crippen molar-refractivity contribution in [1.82, 2.24) is 10.3 Å². The number of aromatic hydroxyl groups is 1. The van der Waals surface area contributed by atoms with Crippen molar-refractivity contribution in [3.05, 3.63) is 42.2 Å². The lowest BCUT2D eigenvalue weighted by Gasteiger charge is -2.18. The van der Waals surface area contributed by atoms with E-state index < -0.39 is 29.8 Å². The Morgan fingerprint density at radius 2 is 1.72 bits per heavy atom. The van der Waals surface area contributed by atoms with Crippen LogP contribution in [0.1, 0.15) is 24.3 Å². The number of carbonyl (C=O) groups is 2. The molecule has 0 aliphatic heterocycles. The van der Waals surface area contributed by atoms with E-state index in [1.165, 1.54) is 26.3 Å². The second kappa shape index (κ2) is 10.2. The van der Waals surface area contributed by atoms with E-state index in [-0.39, 0.29) is 18.1 Å². The normalized spacial score (nSPS) is 12.4. The van der Waals surface area contributed by atoms with Gasteiger partial charge in [0.05, 0.1) is 14.2 Å². The summed E-state index contributed by atoms with van der Waals surface area (Å²) < 4.78 is 20.9. The van der Waals surface area contributed by atoms with Gasteiger partial charge >= 0.3 is 5.97 Å². The predicted molar refractivity (Wildman–Crippen MR) is 103 cm³/mol. The molecule has 0 aliphatic carbocycles. The number of ether oxygens (including phenoxy) is 4. The zero-order chi connectivity index (χ0) is 21.4. The molecule has 2 aromatic rings. The van der Waals surface area contributed by atoms with Gasteiger partial charge < -0.3 is 29.4 Å². The number of nitrogens with zero attached hydrogens (tertiary/aromatic N) is 1. The van der Waals surface area contributed by atoms with E-state index in [0.717, 1.165) is 0 Å². The van der Waals surface area contributed by atoms with Crippen LogP contribution in [-0.2, 0) is 9.53 Å². The Morgan fingerprint density at radius 3 is 2.34 bits per heavy atom. The number of amides is 1. The molecule has 9 heteroatoms. The van der Waals surface area contributed by atoms with Crippen molar-refractivity contribution in [3.8, 4) is 23.0 Å². The van der Waals surface area contributed by atoms with Gasteiger partial charge in [-0.25, -0.2) is 9.78 Å². The van der Waals surface area contributed by atoms with E-state index in [4.69, 9.17) is 18.9 Å². The van der Waals surface area contributed by atoms with Gasteiger partial charge in [0.25, 0.3) is 5.91 Å². The maximum atomic E-state index is 12.2. The highest BCUT2D eigenvalue weighted by molar-refractivity contribution is 5.97. The molecule has 0 saturated heterocycles. The fraction of sp³-hybridized carbons (Fsp3) is 0.350. The number of hydrogen-bond donors (Lipinski definition) is 2. The molecule has 0 bridgehead atoms. The lowest BCUT2D eigenvalue weighted by Crippen LogP contribution is -2.40. The number of methoxy groups -OCH3 is 2. The van der Waals surface area contributed by atoms with Gasteiger partial charge in [-0.2, -0.15) is 0 Å². The Balaban J connectivity index is 1.84. The van der Waals surface area contributed by atoms with E-state index in [2.05, 4.69) is 10.3 Å². The second-order valence-electron chi connectivity index (χ2n) is 6.14. The third-order valence-electron chi connectivity index (χ3n) is 3.88. The molecule has 0 unspecified atom stereocenters. The SMILES string of the molecule is COc1ccc(O[C@@H](C)COC(=O)[C@H](C)NC(=O)c2nccc(OC)c2O)cc1. The van der Waals surface area contributed by atoms with Gasteiger partial charge in [-0.1, -0.05) is 0 Å². The number of aromatic nitrogens is 1. The van der Waals surface area contributed by atoms with Crippen molar-refractivity contribution in [2.75, 3.05) is 20.8 Å². The smallest absolute Gasteiger partial charge is 0.328 e. The van der Waals surface area contributed by atoms with Crippen molar-refractivity contribution in [2.24, 2.45) is 0 Å². The van der Waals surface area contributed by atoms with Gasteiger partial charge in [0.15, 0.2) is 17.2 Å². The van der Waals surface area contributed by atoms with Crippen LogP contribution in [0.3, 0.4) is 0 Å². The number of rotatable bonds is 9. The van der Waals surface area contributed by atoms with Gasteiger partial charge in [-0.05, 0) is 38.1 Å². The van der Waals surface area contributed by atoms with Crippen LogP contribution in [0.2, 0.25) is 0 Å². The van der Waals surface area contributed by atoms with Crippen LogP contribution in [0.25, 0.3) is 0 Å². The van der Waals surface area contributed by atoms with Crippen molar-refractivity contribution >= 4 is 11.9 Å². The molecule has 2 N–H and O–H groups in total. The number of pyridine rings is 1. The Bertz CT molecular complexity index is 839. The number of esters is 1. The fourth-order valence-electron chi connectivity index (χ4n) is 2.34. The van der Waals surface area contributed by atoms with Gasteiger partial charge in [0.2, 0.25) is 0 Å². The Morgan fingerprint density at radius 1 is 1.07 bits per heavy atom. The standard InChI is InChI=1S/C20H24N2O7/c1-12(29-15-7-5-14(26-3)6-8-15)11-28-20(25)13(2)22-19(24)17-18(23)16(27-4)9-10-21-17/h5-10,12-13,23H,11H2,1-4H3,(H,22,24)/t12-,13-/m0/s1. The molecule has 2 rings (SSSR count). The molecule has 29 heavy (non-hydrogen) atoms. The highest BCUT2D eigenvalue weighted by Gasteiger charge is 2.23. The first-order valence-corrected chi connectivity index (χ1v) is 8.85. The maximum Gasteiger partial charge on any atom is 0.328 e. The van der Waals surface area contributed by atoms with Crippen LogP contribution in [0, 0.1) is 0 Å². The lowest BCUT2D eigenvalue weighted by molar-refractivity contribution is -0.147. The second-order valence-corrected chi connectivity index (χ2v) is 6.14. The Kier molecular flexibility index (Phi) is 7.64. The third-order valence-corrected chi connectivity index (χ3v) is 3.88. The third kappa shape index (κ3) is 6.00. The quantitative estimate of drug-likeness (QED) is 0.609. The summed E-state index contributed by atoms with van der Waals surface area (Å²) in [6.45, 7) is 3.21. The highest BCUT2D eigenvalue weighted by Crippen LogP contribution is 2.27. The molecule has 1 aromatic heterocycles. The average Bonchev–Trinajstić information content (AvgIpc) is 2.72. The van der Waals surface area contributed by atoms with Crippen LogP contribution < -0.4 is 19.5 Å². The molecule has 1 amide bonds. The van der Waals surface area contributed by atoms with E-state index in [9.17, 15) is 14.7 Å². The van der Waals surface area contributed by atoms with E-state index in [1.807, 2.05) is 0 Å². The Hall–Kier alpha value is -3.49. The fourth-order valence-corrected chi connectivity index (χ4v) is 2.34. The summed E-state index contributed by atoms with van der Waals surface area (Å²) in [7, 11) is 2.93. The first-order valence-electron chi connectivity index (χ1n) is 8.85. The molecular weight excluding hydrogens is 380 g/mol. The van der Waals surface area contributed by atoms with E-state index in [0.29, 0.717) is 11.5 Å². The van der Waals surface area contributed by atoms with Gasteiger partial charge in [0, 0.05) is 12.3 Å². The Labute approximate surface area is 168 Å². The minimum Gasteiger partial charge on any atom is -0.503 e. The van der Waals surface area contributed by atoms with E-state index in [1.54, 1.807) is 38.3 Å². The molecule has 0 fully saturated rings. The summed E-state index contributed by atoms with van der Waals surface area (Å²) in [5, 5.41) is 12.4. The molecular formula is C20H24N2O7. The first-order chi connectivity index (χ1) is 13.8. The summed E-state index contributed by atoms with van der Waals surface area (Å²) in [5.74, 6) is -0.369. The average molecular weight is 404 g/mol. The van der Waals surface area contributed by atoms with Gasteiger partial charge in [0.1, 0.15) is 30.3 Å². The summed E-state index contributed by atoms with van der Waals surface area (Å²) in [6, 6.07) is 7.46. The molecule has 0 aliphatic rings. The zero-order valence-corrected chi connectivity index (χ0v) is 16.7. The molecule has 0 spiro atoms. The minimum atomic E-state index is -0.955. The van der Waals surface area contributed by atoms with Crippen LogP contribution in [0.5, 0.6) is 23.0 Å². The van der Waals surface area contributed by atoms with Gasteiger partial charge in [-0.3, -0.25) is 4.79 Å². The minimum absolute atomic E-state index is 0.00622. The largest absolute Gasteiger partial charge is 0.503 e. The van der Waals surface area contributed by atoms with E-state index >= 15 is 0 Å². The van der Waals surface area contributed by atoms with Crippen LogP contribution in [0.15, 0.2) is 36.5 Å². The molecule has 156 valence electrons. The highest BCUT2D eigenvalue weighted by atomic mass is 16.6. The van der Waals surface area contributed by atoms with Crippen LogP contribution in [-0.4, -0.2) is 54.9 Å².